The van der Waals surface area contributed by atoms with Crippen LogP contribution < -0.4 is 10.1 Å². The summed E-state index contributed by atoms with van der Waals surface area (Å²) in [5.74, 6) is 0.931. The molecule has 2 rings (SSSR count). The molecule has 2 nitrogen and oxygen atoms in total. The van der Waals surface area contributed by atoms with E-state index in [9.17, 15) is 0 Å². The Kier molecular flexibility index (Phi) is 4.28. The van der Waals surface area contributed by atoms with E-state index < -0.39 is 0 Å². The van der Waals surface area contributed by atoms with Gasteiger partial charge in [0.2, 0.25) is 0 Å². The van der Waals surface area contributed by atoms with Crippen molar-refractivity contribution in [2.24, 2.45) is 5.41 Å². The minimum Gasteiger partial charge on any atom is -0.497 e. The van der Waals surface area contributed by atoms with Crippen molar-refractivity contribution < 1.29 is 4.74 Å². The van der Waals surface area contributed by atoms with Crippen LogP contribution in [0.1, 0.15) is 51.1 Å². The topological polar surface area (TPSA) is 21.3 Å². The van der Waals surface area contributed by atoms with Gasteiger partial charge in [0.25, 0.3) is 0 Å². The predicted octanol–water partition coefficient (Wildman–Crippen LogP) is 3.93. The van der Waals surface area contributed by atoms with Crippen molar-refractivity contribution in [3.05, 3.63) is 29.8 Å². The van der Waals surface area contributed by atoms with Crippen LogP contribution in [0.15, 0.2) is 24.3 Å². The molecule has 1 N–H and O–H groups in total. The number of hydrogen-bond donors (Lipinski definition) is 1. The molecule has 2 heteroatoms. The van der Waals surface area contributed by atoms with Crippen LogP contribution in [0.4, 0.5) is 0 Å². The first kappa shape index (κ1) is 13.4. The molecular formula is C16H25NO. The molecule has 0 bridgehead atoms. The van der Waals surface area contributed by atoms with Crippen LogP contribution in [0.25, 0.3) is 0 Å². The summed E-state index contributed by atoms with van der Waals surface area (Å²) < 4.78 is 5.20. The highest BCUT2D eigenvalue weighted by Crippen LogP contribution is 2.48. The van der Waals surface area contributed by atoms with E-state index in [2.05, 4.69) is 31.3 Å². The lowest BCUT2D eigenvalue weighted by molar-refractivity contribution is 0.397. The van der Waals surface area contributed by atoms with Gasteiger partial charge in [0.15, 0.2) is 0 Å². The highest BCUT2D eigenvalue weighted by molar-refractivity contribution is 5.29. The highest BCUT2D eigenvalue weighted by atomic mass is 16.5. The van der Waals surface area contributed by atoms with Gasteiger partial charge >= 0.3 is 0 Å². The van der Waals surface area contributed by atoms with Gasteiger partial charge in [0.1, 0.15) is 5.75 Å². The predicted molar refractivity (Wildman–Crippen MR) is 76.0 cm³/mol. The van der Waals surface area contributed by atoms with Gasteiger partial charge in [-0.1, -0.05) is 26.0 Å². The first-order valence-electron chi connectivity index (χ1n) is 7.10. The standard InChI is InChI=1S/C16H25NO/c1-4-15(17-12-16(5-2)10-11-16)13-6-8-14(18-3)9-7-13/h6-9,15,17H,4-5,10-12H2,1-3H3. The summed E-state index contributed by atoms with van der Waals surface area (Å²) in [6, 6.07) is 8.91. The molecule has 1 atom stereocenters. The molecule has 1 saturated carbocycles. The van der Waals surface area contributed by atoms with Gasteiger partial charge in [-0.2, -0.15) is 0 Å². The van der Waals surface area contributed by atoms with E-state index in [1.807, 2.05) is 12.1 Å². The third-order valence-corrected chi connectivity index (χ3v) is 4.36. The zero-order valence-corrected chi connectivity index (χ0v) is 11.8. The molecule has 0 aromatic heterocycles. The number of nitrogens with one attached hydrogen (secondary N) is 1. The molecule has 1 unspecified atom stereocenters. The van der Waals surface area contributed by atoms with Gasteiger partial charge in [-0.05, 0) is 48.8 Å². The fourth-order valence-corrected chi connectivity index (χ4v) is 2.51. The Morgan fingerprint density at radius 3 is 2.33 bits per heavy atom. The molecule has 1 aromatic carbocycles. The lowest BCUT2D eigenvalue weighted by Crippen LogP contribution is -2.27. The first-order valence-corrected chi connectivity index (χ1v) is 7.10. The molecule has 1 aliphatic carbocycles. The molecule has 1 fully saturated rings. The maximum Gasteiger partial charge on any atom is 0.118 e. The Morgan fingerprint density at radius 1 is 1.22 bits per heavy atom. The second-order valence-corrected chi connectivity index (χ2v) is 5.47. The van der Waals surface area contributed by atoms with Gasteiger partial charge in [0, 0.05) is 12.6 Å². The third kappa shape index (κ3) is 3.05. The zero-order valence-electron chi connectivity index (χ0n) is 11.8. The number of rotatable bonds is 7. The Labute approximate surface area is 111 Å². The monoisotopic (exact) mass is 247 g/mol. The normalized spacial score (nSPS) is 18.4. The van der Waals surface area contributed by atoms with Crippen LogP contribution in [0.3, 0.4) is 0 Å². The molecule has 18 heavy (non-hydrogen) atoms. The summed E-state index contributed by atoms with van der Waals surface area (Å²) in [7, 11) is 1.71. The lowest BCUT2D eigenvalue weighted by atomic mass is 10.0. The molecular weight excluding hydrogens is 222 g/mol. The second kappa shape index (κ2) is 5.75. The van der Waals surface area contributed by atoms with Crippen molar-refractivity contribution >= 4 is 0 Å². The molecule has 0 saturated heterocycles. The Morgan fingerprint density at radius 2 is 1.89 bits per heavy atom. The van der Waals surface area contributed by atoms with E-state index in [1.165, 1.54) is 24.8 Å². The Balaban J connectivity index is 1.94. The van der Waals surface area contributed by atoms with Crippen molar-refractivity contribution in [3.8, 4) is 5.75 Å². The molecule has 0 spiro atoms. The van der Waals surface area contributed by atoms with Crippen LogP contribution in [0, 0.1) is 5.41 Å². The van der Waals surface area contributed by atoms with Crippen molar-refractivity contribution in [1.29, 1.82) is 0 Å². The molecule has 1 aliphatic rings. The summed E-state index contributed by atoms with van der Waals surface area (Å²) in [5, 5.41) is 3.74. The maximum absolute atomic E-state index is 5.20. The van der Waals surface area contributed by atoms with E-state index in [1.54, 1.807) is 7.11 Å². The molecule has 100 valence electrons. The summed E-state index contributed by atoms with van der Waals surface area (Å²) in [4.78, 5) is 0. The minimum atomic E-state index is 0.472. The van der Waals surface area contributed by atoms with Gasteiger partial charge in [-0.25, -0.2) is 0 Å². The van der Waals surface area contributed by atoms with Crippen molar-refractivity contribution in [1.82, 2.24) is 5.32 Å². The summed E-state index contributed by atoms with van der Waals surface area (Å²) in [6.45, 7) is 5.71. The number of benzene rings is 1. The average molecular weight is 247 g/mol. The van der Waals surface area contributed by atoms with Gasteiger partial charge in [-0.15, -0.1) is 0 Å². The Bertz CT molecular complexity index is 367. The smallest absolute Gasteiger partial charge is 0.118 e. The minimum absolute atomic E-state index is 0.472. The number of methoxy groups -OCH3 is 1. The maximum atomic E-state index is 5.20. The SMILES string of the molecule is CCC(NCC1(CC)CC1)c1ccc(OC)cc1. The van der Waals surface area contributed by atoms with Gasteiger partial charge in [-0.3, -0.25) is 0 Å². The summed E-state index contributed by atoms with van der Waals surface area (Å²) >= 11 is 0. The fourth-order valence-electron chi connectivity index (χ4n) is 2.51. The first-order chi connectivity index (χ1) is 8.73. The molecule has 1 aromatic rings. The van der Waals surface area contributed by atoms with Crippen LogP contribution in [-0.2, 0) is 0 Å². The number of ether oxygens (including phenoxy) is 1. The average Bonchev–Trinajstić information content (AvgIpc) is 3.21. The van der Waals surface area contributed by atoms with E-state index in [0.29, 0.717) is 11.5 Å². The number of hydrogen-bond acceptors (Lipinski definition) is 2. The van der Waals surface area contributed by atoms with Gasteiger partial charge in [0.05, 0.1) is 7.11 Å². The van der Waals surface area contributed by atoms with Crippen LogP contribution >= 0.6 is 0 Å². The largest absolute Gasteiger partial charge is 0.497 e. The van der Waals surface area contributed by atoms with Crippen molar-refractivity contribution in [2.75, 3.05) is 13.7 Å². The molecule has 0 amide bonds. The highest BCUT2D eigenvalue weighted by Gasteiger charge is 2.40. The van der Waals surface area contributed by atoms with E-state index in [0.717, 1.165) is 18.7 Å². The van der Waals surface area contributed by atoms with Crippen LogP contribution in [0.2, 0.25) is 0 Å². The second-order valence-electron chi connectivity index (χ2n) is 5.47. The van der Waals surface area contributed by atoms with E-state index >= 15 is 0 Å². The summed E-state index contributed by atoms with van der Waals surface area (Å²) in [6.07, 6.45) is 5.23. The van der Waals surface area contributed by atoms with Crippen molar-refractivity contribution in [3.63, 3.8) is 0 Å². The lowest BCUT2D eigenvalue weighted by Gasteiger charge is -2.21. The fraction of sp³-hybridized carbons (Fsp3) is 0.625. The van der Waals surface area contributed by atoms with E-state index in [4.69, 9.17) is 4.74 Å². The van der Waals surface area contributed by atoms with Crippen LogP contribution in [-0.4, -0.2) is 13.7 Å². The van der Waals surface area contributed by atoms with Gasteiger partial charge < -0.3 is 10.1 Å². The molecule has 0 heterocycles. The van der Waals surface area contributed by atoms with E-state index in [-0.39, 0.29) is 0 Å². The van der Waals surface area contributed by atoms with Crippen molar-refractivity contribution in [2.45, 2.75) is 45.6 Å². The quantitative estimate of drug-likeness (QED) is 0.788. The molecule has 0 radical (unpaired) electrons. The third-order valence-electron chi connectivity index (χ3n) is 4.36. The molecule has 0 aliphatic heterocycles. The van der Waals surface area contributed by atoms with Crippen LogP contribution in [0.5, 0.6) is 5.75 Å². The Hall–Kier alpha value is -1.02. The summed E-state index contributed by atoms with van der Waals surface area (Å²) in [5.41, 5.74) is 1.98. The zero-order chi connectivity index (χ0) is 13.0.